The van der Waals surface area contributed by atoms with E-state index in [4.69, 9.17) is 21.1 Å². The molecule has 0 aliphatic rings. The fourth-order valence-corrected chi connectivity index (χ4v) is 3.13. The average molecular weight is 426 g/mol. The molecule has 0 bridgehead atoms. The lowest BCUT2D eigenvalue weighted by Crippen LogP contribution is -2.20. The fraction of sp³-hybridized carbons (Fsp3) is 0.217. The number of carbonyl (C=O) groups is 1. The van der Waals surface area contributed by atoms with Gasteiger partial charge in [0.15, 0.2) is 18.1 Å². The molecule has 0 aliphatic carbocycles. The number of anilines is 1. The number of rotatable bonds is 9. The highest BCUT2D eigenvalue weighted by molar-refractivity contribution is 6.32. The van der Waals surface area contributed by atoms with Crippen LogP contribution < -0.4 is 20.1 Å². The van der Waals surface area contributed by atoms with Gasteiger partial charge in [-0.1, -0.05) is 29.3 Å². The lowest BCUT2D eigenvalue weighted by molar-refractivity contribution is -0.118. The second kappa shape index (κ2) is 10.6. The molecule has 156 valence electrons. The van der Waals surface area contributed by atoms with Gasteiger partial charge in [-0.25, -0.2) is 0 Å². The smallest absolute Gasteiger partial charge is 0.262 e. The van der Waals surface area contributed by atoms with Crippen LogP contribution in [-0.4, -0.2) is 24.6 Å². The number of halogens is 1. The summed E-state index contributed by atoms with van der Waals surface area (Å²) < 4.78 is 11.1. The molecule has 0 spiro atoms. The van der Waals surface area contributed by atoms with Crippen molar-refractivity contribution < 1.29 is 14.3 Å². The van der Waals surface area contributed by atoms with Crippen molar-refractivity contribution in [3.8, 4) is 11.5 Å². The summed E-state index contributed by atoms with van der Waals surface area (Å²) in [5.41, 5.74) is 3.92. The Labute approximate surface area is 181 Å². The van der Waals surface area contributed by atoms with Crippen molar-refractivity contribution >= 4 is 23.2 Å². The standard InChI is InChI=1S/C23H24ClN3O3/c1-16-3-5-19(6-4-16)27-22(28)15-30-23-20(24)11-18(12-21(23)29-2)14-26-13-17-7-9-25-10-8-17/h3-12,26H,13-15H2,1-2H3,(H,27,28). The molecule has 3 aromatic rings. The van der Waals surface area contributed by atoms with Crippen molar-refractivity contribution in [3.63, 3.8) is 0 Å². The van der Waals surface area contributed by atoms with Gasteiger partial charge in [-0.15, -0.1) is 0 Å². The van der Waals surface area contributed by atoms with Crippen LogP contribution in [0.2, 0.25) is 5.02 Å². The van der Waals surface area contributed by atoms with Gasteiger partial charge in [0.1, 0.15) is 0 Å². The van der Waals surface area contributed by atoms with Gasteiger partial charge in [-0.3, -0.25) is 9.78 Å². The number of hydrogen-bond donors (Lipinski definition) is 2. The fourth-order valence-electron chi connectivity index (χ4n) is 2.84. The number of aromatic nitrogens is 1. The summed E-state index contributed by atoms with van der Waals surface area (Å²) in [5.74, 6) is 0.544. The molecule has 0 unspecified atom stereocenters. The first-order valence-electron chi connectivity index (χ1n) is 9.50. The topological polar surface area (TPSA) is 72.5 Å². The SMILES string of the molecule is COc1cc(CNCc2ccncc2)cc(Cl)c1OCC(=O)Nc1ccc(C)cc1. The monoisotopic (exact) mass is 425 g/mol. The Morgan fingerprint density at radius 2 is 1.73 bits per heavy atom. The maximum absolute atomic E-state index is 12.2. The van der Waals surface area contributed by atoms with Crippen LogP contribution >= 0.6 is 11.6 Å². The van der Waals surface area contributed by atoms with E-state index in [2.05, 4.69) is 15.6 Å². The molecule has 2 aromatic carbocycles. The zero-order valence-electron chi connectivity index (χ0n) is 16.9. The summed E-state index contributed by atoms with van der Waals surface area (Å²) in [5, 5.41) is 6.53. The third-order valence-corrected chi connectivity index (χ3v) is 4.66. The van der Waals surface area contributed by atoms with Crippen LogP contribution in [0.1, 0.15) is 16.7 Å². The second-order valence-corrected chi connectivity index (χ2v) is 7.18. The summed E-state index contributed by atoms with van der Waals surface area (Å²) >= 11 is 6.40. The van der Waals surface area contributed by atoms with Crippen molar-refractivity contribution in [2.75, 3.05) is 19.0 Å². The van der Waals surface area contributed by atoms with Crippen molar-refractivity contribution in [1.82, 2.24) is 10.3 Å². The van der Waals surface area contributed by atoms with E-state index in [0.29, 0.717) is 35.3 Å². The minimum Gasteiger partial charge on any atom is -0.493 e. The molecule has 0 atom stereocenters. The van der Waals surface area contributed by atoms with E-state index in [1.54, 1.807) is 25.6 Å². The number of amides is 1. The van der Waals surface area contributed by atoms with Crippen LogP contribution in [0, 0.1) is 6.92 Å². The van der Waals surface area contributed by atoms with Crippen LogP contribution in [0.3, 0.4) is 0 Å². The highest BCUT2D eigenvalue weighted by Crippen LogP contribution is 2.36. The number of carbonyl (C=O) groups excluding carboxylic acids is 1. The van der Waals surface area contributed by atoms with Gasteiger partial charge in [0, 0.05) is 31.2 Å². The number of benzene rings is 2. The minimum atomic E-state index is -0.278. The van der Waals surface area contributed by atoms with E-state index in [0.717, 1.165) is 16.7 Å². The highest BCUT2D eigenvalue weighted by atomic mass is 35.5. The van der Waals surface area contributed by atoms with Crippen molar-refractivity contribution in [3.05, 3.63) is 82.6 Å². The minimum absolute atomic E-state index is 0.177. The number of ether oxygens (including phenoxy) is 2. The van der Waals surface area contributed by atoms with Gasteiger partial charge in [-0.2, -0.15) is 0 Å². The summed E-state index contributed by atoms with van der Waals surface area (Å²) in [7, 11) is 1.54. The van der Waals surface area contributed by atoms with Gasteiger partial charge in [0.25, 0.3) is 5.91 Å². The van der Waals surface area contributed by atoms with Gasteiger partial charge in [-0.05, 0) is 54.4 Å². The molecular formula is C23H24ClN3O3. The molecule has 1 heterocycles. The van der Waals surface area contributed by atoms with Crippen LogP contribution in [-0.2, 0) is 17.9 Å². The molecule has 6 nitrogen and oxygen atoms in total. The second-order valence-electron chi connectivity index (χ2n) is 6.77. The lowest BCUT2D eigenvalue weighted by Gasteiger charge is -2.15. The van der Waals surface area contributed by atoms with Crippen molar-refractivity contribution in [2.24, 2.45) is 0 Å². The summed E-state index contributed by atoms with van der Waals surface area (Å²) in [6, 6.07) is 15.1. The average Bonchev–Trinajstić information content (AvgIpc) is 2.75. The Morgan fingerprint density at radius 1 is 1.03 bits per heavy atom. The number of methoxy groups -OCH3 is 1. The van der Waals surface area contributed by atoms with Gasteiger partial charge < -0.3 is 20.1 Å². The molecule has 1 aromatic heterocycles. The van der Waals surface area contributed by atoms with Crippen LogP contribution in [0.25, 0.3) is 0 Å². The van der Waals surface area contributed by atoms with Crippen LogP contribution in [0.15, 0.2) is 60.9 Å². The van der Waals surface area contributed by atoms with Crippen LogP contribution in [0.5, 0.6) is 11.5 Å². The van der Waals surface area contributed by atoms with E-state index in [9.17, 15) is 4.79 Å². The highest BCUT2D eigenvalue weighted by Gasteiger charge is 2.14. The third-order valence-electron chi connectivity index (χ3n) is 4.38. The molecule has 2 N–H and O–H groups in total. The molecule has 30 heavy (non-hydrogen) atoms. The summed E-state index contributed by atoms with van der Waals surface area (Å²) in [4.78, 5) is 16.2. The molecule has 1 amide bonds. The van der Waals surface area contributed by atoms with E-state index in [1.165, 1.54) is 0 Å². The Bertz CT molecular complexity index is 979. The number of aryl methyl sites for hydroxylation is 1. The first kappa shape index (κ1) is 21.6. The first-order valence-corrected chi connectivity index (χ1v) is 9.88. The Hall–Kier alpha value is -3.09. The molecule has 0 radical (unpaired) electrons. The van der Waals surface area contributed by atoms with Gasteiger partial charge in [0.2, 0.25) is 0 Å². The summed E-state index contributed by atoms with van der Waals surface area (Å²) in [6.45, 7) is 3.12. The maximum Gasteiger partial charge on any atom is 0.262 e. The number of pyridine rings is 1. The zero-order chi connectivity index (χ0) is 21.3. The van der Waals surface area contributed by atoms with E-state index >= 15 is 0 Å². The number of nitrogens with one attached hydrogen (secondary N) is 2. The number of nitrogens with zero attached hydrogens (tertiary/aromatic N) is 1. The first-order chi connectivity index (χ1) is 14.5. The quantitative estimate of drug-likeness (QED) is 0.533. The predicted octanol–water partition coefficient (Wildman–Crippen LogP) is 4.36. The molecule has 0 saturated heterocycles. The molecule has 0 aliphatic heterocycles. The number of hydrogen-bond acceptors (Lipinski definition) is 5. The van der Waals surface area contributed by atoms with Crippen LogP contribution in [0.4, 0.5) is 5.69 Å². The zero-order valence-corrected chi connectivity index (χ0v) is 17.7. The summed E-state index contributed by atoms with van der Waals surface area (Å²) in [6.07, 6.45) is 3.52. The van der Waals surface area contributed by atoms with Crippen molar-refractivity contribution in [1.29, 1.82) is 0 Å². The van der Waals surface area contributed by atoms with E-state index in [-0.39, 0.29) is 12.5 Å². The van der Waals surface area contributed by atoms with Gasteiger partial charge in [0.05, 0.1) is 12.1 Å². The molecule has 0 saturated carbocycles. The Kier molecular flexibility index (Phi) is 7.65. The van der Waals surface area contributed by atoms with Gasteiger partial charge >= 0.3 is 0 Å². The molecule has 3 rings (SSSR count). The normalized spacial score (nSPS) is 10.5. The Morgan fingerprint density at radius 3 is 2.43 bits per heavy atom. The van der Waals surface area contributed by atoms with Crippen molar-refractivity contribution in [2.45, 2.75) is 20.0 Å². The lowest BCUT2D eigenvalue weighted by atomic mass is 10.2. The predicted molar refractivity (Wildman–Crippen MR) is 118 cm³/mol. The largest absolute Gasteiger partial charge is 0.493 e. The molecular weight excluding hydrogens is 402 g/mol. The molecule has 7 heteroatoms. The van der Waals surface area contributed by atoms with E-state index in [1.807, 2.05) is 49.4 Å². The molecule has 0 fully saturated rings. The Balaban J connectivity index is 1.57. The third kappa shape index (κ3) is 6.20. The maximum atomic E-state index is 12.2. The van der Waals surface area contributed by atoms with E-state index < -0.39 is 0 Å².